The van der Waals surface area contributed by atoms with Gasteiger partial charge in [0.05, 0.1) is 0 Å². The summed E-state index contributed by atoms with van der Waals surface area (Å²) in [5, 5.41) is -0.0549. The second kappa shape index (κ2) is 7.92. The molecule has 0 spiro atoms. The Kier molecular flexibility index (Phi) is 6.56. The van der Waals surface area contributed by atoms with E-state index >= 15 is 0 Å². The van der Waals surface area contributed by atoms with Crippen molar-refractivity contribution >= 4 is 16.6 Å². The summed E-state index contributed by atoms with van der Waals surface area (Å²) in [6, 6.07) is 1.30. The molecule has 7 nitrogen and oxygen atoms in total. The van der Waals surface area contributed by atoms with Gasteiger partial charge in [0, 0.05) is 12.3 Å². The van der Waals surface area contributed by atoms with E-state index in [1.807, 2.05) is 0 Å². The van der Waals surface area contributed by atoms with E-state index in [9.17, 15) is 9.59 Å². The van der Waals surface area contributed by atoms with Gasteiger partial charge in [-0.05, 0) is 36.3 Å². The number of hydrogen-bond donors (Lipinski definition) is 1. The molecule has 1 unspecified atom stereocenters. The van der Waals surface area contributed by atoms with Crippen molar-refractivity contribution in [1.29, 1.82) is 0 Å². The third kappa shape index (κ3) is 4.90. The summed E-state index contributed by atoms with van der Waals surface area (Å²) in [5.41, 5.74) is -0.999. The maximum atomic E-state index is 12.5. The average Bonchev–Trinajstić information content (AvgIpc) is 2.81. The van der Waals surface area contributed by atoms with Gasteiger partial charge in [0.2, 0.25) is 6.23 Å². The number of nitrogens with one attached hydrogen (secondary N) is 1. The van der Waals surface area contributed by atoms with Gasteiger partial charge in [0.1, 0.15) is 18.0 Å². The molecule has 1 aliphatic rings. The van der Waals surface area contributed by atoms with Crippen molar-refractivity contribution in [1.82, 2.24) is 9.55 Å². The Morgan fingerprint density at radius 2 is 1.50 bits per heavy atom. The van der Waals surface area contributed by atoms with Gasteiger partial charge < -0.3 is 13.6 Å². The smallest absolute Gasteiger partial charge is 0.331 e. The number of H-pyrrole nitrogens is 1. The third-order valence-corrected chi connectivity index (χ3v) is 15.7. The first-order valence-corrected chi connectivity index (χ1v) is 16.2. The maximum Gasteiger partial charge on any atom is 0.331 e. The van der Waals surface area contributed by atoms with Crippen LogP contribution < -0.4 is 11.2 Å². The molecule has 1 saturated heterocycles. The molecule has 0 radical (unpaired) electrons. The largest absolute Gasteiger partial charge is 0.469 e. The number of aromatic amines is 1. The van der Waals surface area contributed by atoms with Crippen molar-refractivity contribution in [3.05, 3.63) is 45.4 Å². The van der Waals surface area contributed by atoms with Crippen LogP contribution in [0.25, 0.3) is 0 Å². The maximum absolute atomic E-state index is 12.5. The second-order valence-corrected chi connectivity index (χ2v) is 20.6. The molecule has 1 N–H and O–H groups in total. The first kappa shape index (κ1) is 24.8. The molecule has 0 aliphatic carbocycles. The summed E-state index contributed by atoms with van der Waals surface area (Å²) < 4.78 is 20.9. The second-order valence-electron chi connectivity index (χ2n) is 11.1. The molecule has 1 aromatic heterocycles. The zero-order chi connectivity index (χ0) is 23.3. The quantitative estimate of drug-likeness (QED) is 0.669. The molecule has 1 aliphatic heterocycles. The van der Waals surface area contributed by atoms with Crippen LogP contribution in [0.3, 0.4) is 0 Å². The van der Waals surface area contributed by atoms with Crippen LogP contribution in [0.2, 0.25) is 36.3 Å². The standard InChI is InChI=1S/C21H38N2O5Si2/c1-14-16(27-29(8,9)20(2,3)4)17(28-30(10,11)21(5,6)7)18(26-14)23-13-12-15(24)22-19(23)25/h12-13,16-18H,1H2,2-11H3,(H,22,24,25)/t16-,17?,18+/m0/s1. The number of hydrogen-bond acceptors (Lipinski definition) is 5. The number of rotatable bonds is 5. The zero-order valence-electron chi connectivity index (χ0n) is 20.1. The normalized spacial score (nSPS) is 23.5. The van der Waals surface area contributed by atoms with Crippen LogP contribution in [0.4, 0.5) is 0 Å². The SMILES string of the molecule is C=C1O[C@@H](n2ccc(=O)[nH]c2=O)C(O[Si](C)(C)C(C)(C)C)[C@H]1O[Si](C)(C)C(C)(C)C. The van der Waals surface area contributed by atoms with Gasteiger partial charge in [-0.1, -0.05) is 48.1 Å². The molecule has 170 valence electrons. The van der Waals surface area contributed by atoms with Crippen LogP contribution in [-0.4, -0.2) is 38.4 Å². The van der Waals surface area contributed by atoms with Gasteiger partial charge in [0.25, 0.3) is 5.56 Å². The van der Waals surface area contributed by atoms with Gasteiger partial charge in [-0.3, -0.25) is 14.3 Å². The molecular weight excluding hydrogens is 416 g/mol. The van der Waals surface area contributed by atoms with Gasteiger partial charge >= 0.3 is 5.69 Å². The van der Waals surface area contributed by atoms with Crippen LogP contribution in [0, 0.1) is 0 Å². The van der Waals surface area contributed by atoms with Crippen molar-refractivity contribution in [3.8, 4) is 0 Å². The Morgan fingerprint density at radius 3 is 1.97 bits per heavy atom. The predicted molar refractivity (Wildman–Crippen MR) is 125 cm³/mol. The summed E-state index contributed by atoms with van der Waals surface area (Å²) >= 11 is 0. The molecule has 2 rings (SSSR count). The lowest BCUT2D eigenvalue weighted by atomic mass is 10.2. The van der Waals surface area contributed by atoms with E-state index in [1.165, 1.54) is 16.8 Å². The van der Waals surface area contributed by atoms with Crippen LogP contribution in [0.5, 0.6) is 0 Å². The minimum Gasteiger partial charge on any atom is -0.469 e. The molecule has 9 heteroatoms. The Labute approximate surface area is 181 Å². The Bertz CT molecular complexity index is 905. The highest BCUT2D eigenvalue weighted by Gasteiger charge is 2.52. The average molecular weight is 455 g/mol. The lowest BCUT2D eigenvalue weighted by Crippen LogP contribution is -2.52. The highest BCUT2D eigenvalue weighted by molar-refractivity contribution is 6.74. The first-order valence-electron chi connectivity index (χ1n) is 10.4. The van der Waals surface area contributed by atoms with Crippen molar-refractivity contribution in [2.24, 2.45) is 0 Å². The summed E-state index contributed by atoms with van der Waals surface area (Å²) in [4.78, 5) is 26.4. The van der Waals surface area contributed by atoms with E-state index in [-0.39, 0.29) is 10.1 Å². The number of nitrogens with zero attached hydrogens (tertiary/aromatic N) is 1. The van der Waals surface area contributed by atoms with Crippen LogP contribution in [0.1, 0.15) is 47.8 Å². The molecule has 0 aromatic carbocycles. The molecular formula is C21H38N2O5Si2. The fourth-order valence-electron chi connectivity index (χ4n) is 2.73. The monoisotopic (exact) mass is 454 g/mol. The molecule has 0 saturated carbocycles. The third-order valence-electron chi connectivity index (χ3n) is 6.76. The van der Waals surface area contributed by atoms with Gasteiger partial charge in [-0.25, -0.2) is 4.79 Å². The molecule has 1 aromatic rings. The summed E-state index contributed by atoms with van der Waals surface area (Å²) in [6.45, 7) is 25.7. The van der Waals surface area contributed by atoms with E-state index < -0.39 is 46.3 Å². The Balaban J connectivity index is 2.54. The summed E-state index contributed by atoms with van der Waals surface area (Å²) in [6.07, 6.45) is -0.360. The van der Waals surface area contributed by atoms with E-state index in [4.69, 9.17) is 13.6 Å². The Hall–Kier alpha value is -1.43. The van der Waals surface area contributed by atoms with Crippen LogP contribution in [-0.2, 0) is 13.6 Å². The van der Waals surface area contributed by atoms with E-state index in [0.717, 1.165) is 0 Å². The molecule has 0 amide bonds. The summed E-state index contributed by atoms with van der Waals surface area (Å²) in [7, 11) is -4.42. The minimum atomic E-state index is -2.24. The fraction of sp³-hybridized carbons (Fsp3) is 0.714. The van der Waals surface area contributed by atoms with E-state index in [0.29, 0.717) is 5.76 Å². The van der Waals surface area contributed by atoms with Gasteiger partial charge in [0.15, 0.2) is 16.6 Å². The zero-order valence-corrected chi connectivity index (χ0v) is 22.1. The molecule has 3 atom stereocenters. The predicted octanol–water partition coefficient (Wildman–Crippen LogP) is 4.36. The molecule has 1 fully saturated rings. The van der Waals surface area contributed by atoms with Gasteiger partial charge in [-0.2, -0.15) is 0 Å². The van der Waals surface area contributed by atoms with Crippen molar-refractivity contribution < 1.29 is 13.6 Å². The van der Waals surface area contributed by atoms with Crippen molar-refractivity contribution in [2.75, 3.05) is 0 Å². The van der Waals surface area contributed by atoms with Crippen LogP contribution in [0.15, 0.2) is 34.2 Å². The lowest BCUT2D eigenvalue weighted by Gasteiger charge is -2.43. The molecule has 2 heterocycles. The van der Waals surface area contributed by atoms with Crippen LogP contribution >= 0.6 is 0 Å². The van der Waals surface area contributed by atoms with Crippen molar-refractivity contribution in [3.63, 3.8) is 0 Å². The van der Waals surface area contributed by atoms with E-state index in [2.05, 4.69) is 79.3 Å². The highest BCUT2D eigenvalue weighted by Crippen LogP contribution is 2.45. The van der Waals surface area contributed by atoms with Crippen molar-refractivity contribution in [2.45, 2.75) is 96.2 Å². The van der Waals surface area contributed by atoms with E-state index in [1.54, 1.807) is 0 Å². The number of aromatic nitrogens is 2. The molecule has 30 heavy (non-hydrogen) atoms. The Morgan fingerprint density at radius 1 is 1.00 bits per heavy atom. The lowest BCUT2D eigenvalue weighted by molar-refractivity contribution is -0.00649. The fourth-order valence-corrected chi connectivity index (χ4v) is 5.26. The highest BCUT2D eigenvalue weighted by atomic mass is 28.4. The minimum absolute atomic E-state index is 0.0122. The topological polar surface area (TPSA) is 82.6 Å². The first-order chi connectivity index (χ1) is 13.4. The number of ether oxygens (including phenoxy) is 1. The summed E-state index contributed by atoms with van der Waals surface area (Å²) in [5.74, 6) is 0.451. The molecule has 0 bridgehead atoms. The van der Waals surface area contributed by atoms with Gasteiger partial charge in [-0.15, -0.1) is 0 Å².